The van der Waals surface area contributed by atoms with E-state index in [1.54, 1.807) is 17.3 Å². The van der Waals surface area contributed by atoms with Gasteiger partial charge in [-0.1, -0.05) is 0 Å². The average Bonchev–Trinajstić information content (AvgIpc) is 2.95. The fourth-order valence-electron chi connectivity index (χ4n) is 3.48. The van der Waals surface area contributed by atoms with Gasteiger partial charge in [-0.25, -0.2) is 9.67 Å². The van der Waals surface area contributed by atoms with Gasteiger partial charge in [0.15, 0.2) is 0 Å². The standard InChI is InChI=1S/C15H20N6O/c1-19-7-11(6-17-19)13-5-14(13)15(22)20-4-2-3-12(8-20)21-10-16-9-18-21/h6-7,9-10,12-14H,2-5,8H2,1H3/t12-,13+,14-/m1/s1. The summed E-state index contributed by atoms with van der Waals surface area (Å²) in [5.74, 6) is 0.783. The topological polar surface area (TPSA) is 68.8 Å². The molecule has 1 aliphatic heterocycles. The van der Waals surface area contributed by atoms with Crippen LogP contribution in [0, 0.1) is 5.92 Å². The summed E-state index contributed by atoms with van der Waals surface area (Å²) in [4.78, 5) is 18.7. The second-order valence-corrected chi connectivity index (χ2v) is 6.35. The lowest BCUT2D eigenvalue weighted by atomic mass is 10.0. The van der Waals surface area contributed by atoms with Crippen molar-refractivity contribution in [1.82, 2.24) is 29.4 Å². The monoisotopic (exact) mass is 300 g/mol. The number of piperidine rings is 1. The molecule has 0 unspecified atom stereocenters. The third kappa shape index (κ3) is 2.40. The molecular formula is C15H20N6O. The van der Waals surface area contributed by atoms with Crippen LogP contribution in [0.2, 0.25) is 0 Å². The zero-order chi connectivity index (χ0) is 15.1. The van der Waals surface area contributed by atoms with E-state index in [0.717, 1.165) is 32.4 Å². The molecule has 0 aromatic carbocycles. The van der Waals surface area contributed by atoms with E-state index in [1.165, 1.54) is 5.56 Å². The van der Waals surface area contributed by atoms with Crippen molar-refractivity contribution in [2.24, 2.45) is 13.0 Å². The summed E-state index contributed by atoms with van der Waals surface area (Å²) in [6.45, 7) is 1.61. The molecule has 2 aromatic heterocycles. The Labute approximate surface area is 128 Å². The molecule has 1 saturated carbocycles. The van der Waals surface area contributed by atoms with Crippen LogP contribution in [0.1, 0.15) is 36.8 Å². The summed E-state index contributed by atoms with van der Waals surface area (Å²) in [6.07, 6.45) is 10.2. The average molecular weight is 300 g/mol. The van der Waals surface area contributed by atoms with Crippen molar-refractivity contribution in [2.45, 2.75) is 31.2 Å². The molecule has 7 heteroatoms. The van der Waals surface area contributed by atoms with Crippen molar-refractivity contribution in [3.8, 4) is 0 Å². The van der Waals surface area contributed by atoms with E-state index in [2.05, 4.69) is 15.2 Å². The number of aromatic nitrogens is 5. The number of aryl methyl sites for hydroxylation is 1. The Hall–Kier alpha value is -2.18. The maximum Gasteiger partial charge on any atom is 0.226 e. The Bertz CT molecular complexity index is 663. The van der Waals surface area contributed by atoms with Crippen LogP contribution < -0.4 is 0 Å². The second-order valence-electron chi connectivity index (χ2n) is 6.35. The van der Waals surface area contributed by atoms with Crippen molar-refractivity contribution in [3.05, 3.63) is 30.6 Å². The molecule has 0 radical (unpaired) electrons. The van der Waals surface area contributed by atoms with Crippen molar-refractivity contribution < 1.29 is 4.79 Å². The number of hydrogen-bond acceptors (Lipinski definition) is 4. The number of rotatable bonds is 3. The predicted octanol–water partition coefficient (Wildman–Crippen LogP) is 0.979. The second kappa shape index (κ2) is 5.23. The van der Waals surface area contributed by atoms with E-state index in [4.69, 9.17) is 0 Å². The summed E-state index contributed by atoms with van der Waals surface area (Å²) in [7, 11) is 1.91. The highest BCUT2D eigenvalue weighted by Gasteiger charge is 2.47. The fourth-order valence-corrected chi connectivity index (χ4v) is 3.48. The fraction of sp³-hybridized carbons (Fsp3) is 0.600. The number of hydrogen-bond donors (Lipinski definition) is 0. The first-order valence-electron chi connectivity index (χ1n) is 7.84. The minimum Gasteiger partial charge on any atom is -0.340 e. The van der Waals surface area contributed by atoms with E-state index in [1.807, 2.05) is 29.0 Å². The van der Waals surface area contributed by atoms with Crippen LogP contribution in [-0.4, -0.2) is 48.4 Å². The van der Waals surface area contributed by atoms with E-state index < -0.39 is 0 Å². The van der Waals surface area contributed by atoms with Gasteiger partial charge in [-0.15, -0.1) is 0 Å². The summed E-state index contributed by atoms with van der Waals surface area (Å²) < 4.78 is 3.68. The van der Waals surface area contributed by atoms with Gasteiger partial charge >= 0.3 is 0 Å². The quantitative estimate of drug-likeness (QED) is 0.847. The number of carbonyl (C=O) groups is 1. The number of amides is 1. The summed E-state index contributed by atoms with van der Waals surface area (Å²) >= 11 is 0. The minimum absolute atomic E-state index is 0.138. The Morgan fingerprint density at radius 3 is 3.00 bits per heavy atom. The van der Waals surface area contributed by atoms with E-state index in [9.17, 15) is 4.79 Å². The molecule has 116 valence electrons. The molecule has 3 heterocycles. The van der Waals surface area contributed by atoms with Gasteiger partial charge in [0.25, 0.3) is 0 Å². The molecule has 2 fully saturated rings. The largest absolute Gasteiger partial charge is 0.340 e. The Morgan fingerprint density at radius 2 is 2.27 bits per heavy atom. The summed E-state index contributed by atoms with van der Waals surface area (Å²) in [5.41, 5.74) is 1.19. The summed E-state index contributed by atoms with van der Waals surface area (Å²) in [6, 6.07) is 0.260. The minimum atomic E-state index is 0.138. The SMILES string of the molecule is Cn1cc([C@@H]2C[C@H]2C(=O)N2CCC[C@@H](n3cncn3)C2)cn1. The Morgan fingerprint density at radius 1 is 1.36 bits per heavy atom. The van der Waals surface area contributed by atoms with Gasteiger partial charge in [-0.2, -0.15) is 10.2 Å². The molecule has 22 heavy (non-hydrogen) atoms. The van der Waals surface area contributed by atoms with Crippen LogP contribution in [-0.2, 0) is 11.8 Å². The molecule has 1 aliphatic carbocycles. The Balaban J connectivity index is 1.41. The van der Waals surface area contributed by atoms with Crippen molar-refractivity contribution in [1.29, 1.82) is 0 Å². The number of carbonyl (C=O) groups excluding carboxylic acids is 1. The zero-order valence-electron chi connectivity index (χ0n) is 12.7. The van der Waals surface area contributed by atoms with Gasteiger partial charge in [0.05, 0.1) is 12.2 Å². The molecule has 1 saturated heterocycles. The smallest absolute Gasteiger partial charge is 0.226 e. The van der Waals surface area contributed by atoms with Gasteiger partial charge in [-0.05, 0) is 30.7 Å². The third-order valence-corrected chi connectivity index (χ3v) is 4.78. The van der Waals surface area contributed by atoms with Crippen LogP contribution in [0.15, 0.2) is 25.0 Å². The molecule has 0 N–H and O–H groups in total. The highest BCUT2D eigenvalue weighted by Crippen LogP contribution is 2.48. The van der Waals surface area contributed by atoms with Gasteiger partial charge < -0.3 is 4.90 Å². The molecule has 2 aliphatic rings. The number of nitrogens with zero attached hydrogens (tertiary/aromatic N) is 6. The van der Waals surface area contributed by atoms with Crippen LogP contribution in [0.3, 0.4) is 0 Å². The van der Waals surface area contributed by atoms with Crippen LogP contribution in [0.25, 0.3) is 0 Å². The molecule has 1 amide bonds. The molecule has 2 aromatic rings. The molecule has 0 bridgehead atoms. The lowest BCUT2D eigenvalue weighted by Crippen LogP contribution is -2.41. The predicted molar refractivity (Wildman–Crippen MR) is 78.9 cm³/mol. The molecule has 3 atom stereocenters. The van der Waals surface area contributed by atoms with Gasteiger partial charge in [-0.3, -0.25) is 9.48 Å². The van der Waals surface area contributed by atoms with E-state index in [0.29, 0.717) is 11.8 Å². The summed E-state index contributed by atoms with van der Waals surface area (Å²) in [5, 5.41) is 8.42. The molecule has 7 nitrogen and oxygen atoms in total. The molecular weight excluding hydrogens is 280 g/mol. The highest BCUT2D eigenvalue weighted by molar-refractivity contribution is 5.83. The Kier molecular flexibility index (Phi) is 3.20. The van der Waals surface area contributed by atoms with Gasteiger partial charge in [0.1, 0.15) is 12.7 Å². The lowest BCUT2D eigenvalue weighted by molar-refractivity contribution is -0.134. The molecule has 0 spiro atoms. The third-order valence-electron chi connectivity index (χ3n) is 4.78. The normalized spacial score (nSPS) is 27.9. The first-order valence-corrected chi connectivity index (χ1v) is 7.84. The first-order chi connectivity index (χ1) is 10.7. The van der Waals surface area contributed by atoms with Crippen LogP contribution in [0.5, 0.6) is 0 Å². The number of likely N-dealkylation sites (tertiary alicyclic amines) is 1. The van der Waals surface area contributed by atoms with E-state index in [-0.39, 0.29) is 12.0 Å². The van der Waals surface area contributed by atoms with Gasteiger partial charge in [0, 0.05) is 32.3 Å². The first kappa shape index (κ1) is 13.5. The van der Waals surface area contributed by atoms with Gasteiger partial charge in [0.2, 0.25) is 5.91 Å². The maximum absolute atomic E-state index is 12.7. The van der Waals surface area contributed by atoms with Crippen LogP contribution >= 0.6 is 0 Å². The maximum atomic E-state index is 12.7. The van der Waals surface area contributed by atoms with Crippen LogP contribution in [0.4, 0.5) is 0 Å². The molecule has 4 rings (SSSR count). The van der Waals surface area contributed by atoms with E-state index >= 15 is 0 Å². The zero-order valence-corrected chi connectivity index (χ0v) is 12.7. The lowest BCUT2D eigenvalue weighted by Gasteiger charge is -2.32. The highest BCUT2D eigenvalue weighted by atomic mass is 16.2. The van der Waals surface area contributed by atoms with Crippen molar-refractivity contribution >= 4 is 5.91 Å². The van der Waals surface area contributed by atoms with Crippen molar-refractivity contribution in [3.63, 3.8) is 0 Å². The van der Waals surface area contributed by atoms with Crippen molar-refractivity contribution in [2.75, 3.05) is 13.1 Å².